The van der Waals surface area contributed by atoms with Gasteiger partial charge >= 0.3 is 6.18 Å². The van der Waals surface area contributed by atoms with Gasteiger partial charge in [-0.05, 0) is 63.8 Å². The Labute approximate surface area is 258 Å². The summed E-state index contributed by atoms with van der Waals surface area (Å²) in [6.45, 7) is 10.4. The largest absolute Gasteiger partial charge is 0.418 e. The third-order valence-electron chi connectivity index (χ3n) is 9.42. The fourth-order valence-corrected chi connectivity index (χ4v) is 6.46. The van der Waals surface area contributed by atoms with E-state index in [1.165, 1.54) is 12.3 Å². The molecule has 0 spiro atoms. The number of nitrogens with two attached hydrogens (primary N) is 2. The molecule has 1 aromatic carbocycles. The molecule has 3 fully saturated rings. The van der Waals surface area contributed by atoms with Crippen LogP contribution in [0.15, 0.2) is 45.9 Å². The van der Waals surface area contributed by atoms with Crippen molar-refractivity contribution in [3.63, 3.8) is 0 Å². The Balaban J connectivity index is 1.43. The quantitative estimate of drug-likeness (QED) is 0.425. The summed E-state index contributed by atoms with van der Waals surface area (Å²) in [6.07, 6.45) is 0.903. The molecule has 0 aliphatic carbocycles. The van der Waals surface area contributed by atoms with Crippen molar-refractivity contribution in [1.29, 1.82) is 0 Å². The number of piperidine rings is 1. The molecule has 4 heterocycles. The Morgan fingerprint density at radius 1 is 1.07 bits per heavy atom. The first kappa shape index (κ1) is 32.3. The molecule has 4 aliphatic heterocycles. The van der Waals surface area contributed by atoms with E-state index >= 15 is 0 Å². The first-order valence-electron chi connectivity index (χ1n) is 15.9. The summed E-state index contributed by atoms with van der Waals surface area (Å²) in [5, 5.41) is 3.47. The van der Waals surface area contributed by atoms with Gasteiger partial charge in [-0.15, -0.1) is 0 Å². The topological polar surface area (TPSA) is 108 Å². The maximum Gasteiger partial charge on any atom is 0.418 e. The SMILES string of the molecule is CC/C(N)=C(/N=C1C(c2ccc(N3CCC(N4CCN(C)CC4)CC3)c(C(F)(F)F)c2)=CN=C(N)C1C)NC1CCOCC1. The molecule has 0 radical (unpaired) electrons. The van der Waals surface area contributed by atoms with E-state index in [1.807, 2.05) is 18.7 Å². The lowest BCUT2D eigenvalue weighted by molar-refractivity contribution is -0.137. The van der Waals surface area contributed by atoms with E-state index in [9.17, 15) is 13.2 Å². The highest BCUT2D eigenvalue weighted by atomic mass is 19.4. The summed E-state index contributed by atoms with van der Waals surface area (Å²) < 4.78 is 49.4. The maximum atomic E-state index is 14.6. The van der Waals surface area contributed by atoms with Crippen LogP contribution < -0.4 is 21.7 Å². The highest BCUT2D eigenvalue weighted by Gasteiger charge is 2.37. The predicted octanol–water partition coefficient (Wildman–Crippen LogP) is 4.02. The predicted molar refractivity (Wildman–Crippen MR) is 170 cm³/mol. The number of aliphatic imine (C=N–C) groups is 2. The van der Waals surface area contributed by atoms with Crippen molar-refractivity contribution in [1.82, 2.24) is 15.1 Å². The molecule has 1 aromatic rings. The van der Waals surface area contributed by atoms with Gasteiger partial charge in [0, 0.05) is 82.0 Å². The molecule has 4 aliphatic rings. The number of allylic oxidation sites excluding steroid dienone is 2. The van der Waals surface area contributed by atoms with E-state index in [2.05, 4.69) is 27.2 Å². The first-order chi connectivity index (χ1) is 21.0. The van der Waals surface area contributed by atoms with Gasteiger partial charge in [-0.2, -0.15) is 13.2 Å². The number of hydrogen-bond acceptors (Lipinski definition) is 9. The second kappa shape index (κ2) is 13.9. The number of hydrogen-bond donors (Lipinski definition) is 3. The molecule has 242 valence electrons. The van der Waals surface area contributed by atoms with Crippen LogP contribution >= 0.6 is 0 Å². The molecule has 12 heteroatoms. The summed E-state index contributed by atoms with van der Waals surface area (Å²) >= 11 is 0. The molecular weight excluding hydrogens is 569 g/mol. The third kappa shape index (κ3) is 7.40. The minimum absolute atomic E-state index is 0.141. The number of anilines is 1. The number of rotatable bonds is 7. The molecule has 3 saturated heterocycles. The van der Waals surface area contributed by atoms with E-state index in [4.69, 9.17) is 21.2 Å². The molecule has 5 N–H and O–H groups in total. The number of nitrogens with zero attached hydrogens (tertiary/aromatic N) is 5. The van der Waals surface area contributed by atoms with Crippen LogP contribution in [0.4, 0.5) is 18.9 Å². The van der Waals surface area contributed by atoms with Crippen LogP contribution in [-0.4, -0.2) is 93.0 Å². The van der Waals surface area contributed by atoms with Crippen LogP contribution in [0.25, 0.3) is 5.57 Å². The van der Waals surface area contributed by atoms with Crippen LogP contribution in [0.3, 0.4) is 0 Å². The fraction of sp³-hybridized carbons (Fsp3) is 0.625. The van der Waals surface area contributed by atoms with Gasteiger partial charge in [-0.25, -0.2) is 9.98 Å². The highest BCUT2D eigenvalue weighted by molar-refractivity contribution is 6.32. The number of likely N-dealkylation sites (N-methyl/N-ethyl adjacent to an activating group) is 1. The van der Waals surface area contributed by atoms with Gasteiger partial charge in [0.25, 0.3) is 0 Å². The van der Waals surface area contributed by atoms with Crippen LogP contribution in [0, 0.1) is 5.92 Å². The van der Waals surface area contributed by atoms with Crippen LogP contribution in [-0.2, 0) is 10.9 Å². The Kier molecular flexibility index (Phi) is 10.2. The van der Waals surface area contributed by atoms with Crippen LogP contribution in [0.2, 0.25) is 0 Å². The van der Waals surface area contributed by atoms with Gasteiger partial charge in [0.2, 0.25) is 0 Å². The molecular formula is C32H47F3N8O. The molecule has 0 aromatic heterocycles. The number of nitrogens with one attached hydrogen (secondary N) is 1. The van der Waals surface area contributed by atoms with Gasteiger partial charge in [0.15, 0.2) is 0 Å². The first-order valence-corrected chi connectivity index (χ1v) is 15.9. The molecule has 9 nitrogen and oxygen atoms in total. The standard InChI is InChI=1S/C32H47F3N8O/c1-4-27(36)31(39-23-9-17-44-18-10-23)40-29-21(2)30(37)38-20-25(29)22-5-6-28(26(19-22)32(33,34)35)43-11-7-24(8-12-43)42-15-13-41(3)14-16-42/h5-6,19-21,23-24,39H,4,7-18,36H2,1-3H3,(H2,37,38)/b31-27-,40-29?. The number of piperazine rings is 1. The molecule has 44 heavy (non-hydrogen) atoms. The number of halogens is 3. The zero-order chi connectivity index (χ0) is 31.4. The molecule has 0 saturated carbocycles. The normalized spacial score (nSPS) is 25.1. The summed E-state index contributed by atoms with van der Waals surface area (Å²) in [6, 6.07) is 5.15. The van der Waals surface area contributed by atoms with E-state index in [0.29, 0.717) is 73.0 Å². The molecule has 1 unspecified atom stereocenters. The number of alkyl halides is 3. The number of ether oxygens (including phenoxy) is 1. The lowest BCUT2D eigenvalue weighted by Crippen LogP contribution is -2.52. The Morgan fingerprint density at radius 2 is 1.75 bits per heavy atom. The smallest absolute Gasteiger partial charge is 0.399 e. The lowest BCUT2D eigenvalue weighted by atomic mass is 9.89. The minimum Gasteiger partial charge on any atom is -0.399 e. The Morgan fingerprint density at radius 3 is 2.39 bits per heavy atom. The maximum absolute atomic E-state index is 14.6. The average molecular weight is 617 g/mol. The lowest BCUT2D eigenvalue weighted by Gasteiger charge is -2.43. The van der Waals surface area contributed by atoms with Crippen LogP contribution in [0.5, 0.6) is 0 Å². The molecule has 1 atom stereocenters. The number of benzene rings is 1. The minimum atomic E-state index is -4.53. The Hall–Kier alpha value is -3.09. The van der Waals surface area contributed by atoms with E-state index in [1.54, 1.807) is 12.1 Å². The fourth-order valence-electron chi connectivity index (χ4n) is 6.46. The number of amidine groups is 1. The third-order valence-corrected chi connectivity index (χ3v) is 9.42. The monoisotopic (exact) mass is 616 g/mol. The summed E-state index contributed by atoms with van der Waals surface area (Å²) in [7, 11) is 2.13. The van der Waals surface area contributed by atoms with Crippen molar-refractivity contribution in [2.24, 2.45) is 27.4 Å². The second-order valence-corrected chi connectivity index (χ2v) is 12.4. The van der Waals surface area contributed by atoms with Gasteiger partial charge < -0.3 is 31.3 Å². The van der Waals surface area contributed by atoms with Gasteiger partial charge in [-0.1, -0.05) is 13.0 Å². The zero-order valence-electron chi connectivity index (χ0n) is 26.2. The molecule has 5 rings (SSSR count). The van der Waals surface area contributed by atoms with E-state index < -0.39 is 17.7 Å². The second-order valence-electron chi connectivity index (χ2n) is 12.4. The van der Waals surface area contributed by atoms with E-state index in [-0.39, 0.29) is 11.7 Å². The van der Waals surface area contributed by atoms with Crippen molar-refractivity contribution in [2.45, 2.75) is 64.2 Å². The van der Waals surface area contributed by atoms with Crippen LogP contribution in [0.1, 0.15) is 57.1 Å². The average Bonchev–Trinajstić information content (AvgIpc) is 3.03. The summed E-state index contributed by atoms with van der Waals surface area (Å²) in [4.78, 5) is 16.0. The summed E-state index contributed by atoms with van der Waals surface area (Å²) in [5.74, 6) is 0.468. The van der Waals surface area contributed by atoms with Crippen molar-refractivity contribution in [2.75, 3.05) is 64.4 Å². The Bertz CT molecular complexity index is 1280. The van der Waals surface area contributed by atoms with Crippen molar-refractivity contribution >= 4 is 22.8 Å². The molecule has 0 amide bonds. The van der Waals surface area contributed by atoms with Gasteiger partial charge in [0.1, 0.15) is 11.7 Å². The van der Waals surface area contributed by atoms with Gasteiger partial charge in [-0.3, -0.25) is 4.90 Å². The van der Waals surface area contributed by atoms with Crippen molar-refractivity contribution < 1.29 is 17.9 Å². The molecule has 0 bridgehead atoms. The van der Waals surface area contributed by atoms with Crippen molar-refractivity contribution in [3.8, 4) is 0 Å². The summed E-state index contributed by atoms with van der Waals surface area (Å²) in [5.41, 5.74) is 14.2. The van der Waals surface area contributed by atoms with E-state index in [0.717, 1.165) is 51.9 Å². The van der Waals surface area contributed by atoms with Crippen molar-refractivity contribution in [3.05, 3.63) is 47.0 Å². The highest BCUT2D eigenvalue weighted by Crippen LogP contribution is 2.40. The zero-order valence-corrected chi connectivity index (χ0v) is 26.2. The van der Waals surface area contributed by atoms with Gasteiger partial charge in [0.05, 0.1) is 22.9 Å².